The second kappa shape index (κ2) is 10.5. The SMILES string of the molecule is COc1ccc(C(=O)COC(=O)CNS(=O)(=O)c2ccc(NC(C)=O)cc2)cc1OC. The highest BCUT2D eigenvalue weighted by Gasteiger charge is 2.18. The monoisotopic (exact) mass is 450 g/mol. The Morgan fingerprint density at radius 3 is 2.16 bits per heavy atom. The zero-order chi connectivity index (χ0) is 23.0. The second-order valence-electron chi connectivity index (χ2n) is 6.18. The third-order valence-corrected chi connectivity index (χ3v) is 5.38. The van der Waals surface area contributed by atoms with E-state index in [2.05, 4.69) is 10.0 Å². The molecule has 2 aromatic carbocycles. The summed E-state index contributed by atoms with van der Waals surface area (Å²) in [7, 11) is -1.11. The highest BCUT2D eigenvalue weighted by Crippen LogP contribution is 2.27. The normalized spacial score (nSPS) is 10.8. The minimum atomic E-state index is -3.99. The third-order valence-electron chi connectivity index (χ3n) is 3.96. The van der Waals surface area contributed by atoms with Gasteiger partial charge in [0.1, 0.15) is 6.54 Å². The molecular weight excluding hydrogens is 428 g/mol. The quantitative estimate of drug-likeness (QED) is 0.409. The number of esters is 1. The summed E-state index contributed by atoms with van der Waals surface area (Å²) in [5.74, 6) is -0.926. The number of rotatable bonds is 10. The van der Waals surface area contributed by atoms with Gasteiger partial charge in [-0.05, 0) is 42.5 Å². The number of Topliss-reactive ketones (excluding diaryl/α,β-unsaturated/α-hetero) is 1. The molecule has 0 heterocycles. The molecule has 0 spiro atoms. The number of ketones is 1. The van der Waals surface area contributed by atoms with Gasteiger partial charge in [0.25, 0.3) is 0 Å². The summed E-state index contributed by atoms with van der Waals surface area (Å²) in [5, 5.41) is 2.51. The van der Waals surface area contributed by atoms with Crippen LogP contribution in [0.2, 0.25) is 0 Å². The van der Waals surface area contributed by atoms with Crippen molar-refractivity contribution in [1.29, 1.82) is 0 Å². The first-order valence-electron chi connectivity index (χ1n) is 8.94. The molecule has 0 bridgehead atoms. The van der Waals surface area contributed by atoms with Crippen molar-refractivity contribution >= 4 is 33.4 Å². The topological polar surface area (TPSA) is 137 Å². The van der Waals surface area contributed by atoms with Crippen LogP contribution in [0.3, 0.4) is 0 Å². The fourth-order valence-corrected chi connectivity index (χ4v) is 3.42. The summed E-state index contributed by atoms with van der Waals surface area (Å²) in [4.78, 5) is 35.0. The van der Waals surface area contributed by atoms with Crippen molar-refractivity contribution in [2.45, 2.75) is 11.8 Å². The maximum Gasteiger partial charge on any atom is 0.321 e. The molecule has 11 heteroatoms. The lowest BCUT2D eigenvalue weighted by Crippen LogP contribution is -2.31. The van der Waals surface area contributed by atoms with Crippen molar-refractivity contribution in [2.75, 3.05) is 32.7 Å². The zero-order valence-electron chi connectivity index (χ0n) is 17.1. The number of ether oxygens (including phenoxy) is 3. The van der Waals surface area contributed by atoms with E-state index in [1.54, 1.807) is 6.07 Å². The van der Waals surface area contributed by atoms with Crippen LogP contribution in [0.15, 0.2) is 47.4 Å². The number of carbonyl (C=O) groups excluding carboxylic acids is 3. The number of hydrogen-bond donors (Lipinski definition) is 2. The highest BCUT2D eigenvalue weighted by molar-refractivity contribution is 7.89. The van der Waals surface area contributed by atoms with E-state index < -0.39 is 34.9 Å². The Labute approximate surface area is 179 Å². The molecule has 0 aliphatic carbocycles. The fourth-order valence-electron chi connectivity index (χ4n) is 2.45. The summed E-state index contributed by atoms with van der Waals surface area (Å²) in [6.45, 7) is 0.101. The lowest BCUT2D eigenvalue weighted by molar-refractivity contribution is -0.141. The molecule has 31 heavy (non-hydrogen) atoms. The van der Waals surface area contributed by atoms with Crippen LogP contribution in [-0.2, 0) is 24.3 Å². The van der Waals surface area contributed by atoms with Crippen LogP contribution >= 0.6 is 0 Å². The van der Waals surface area contributed by atoms with Crippen LogP contribution in [0.4, 0.5) is 5.69 Å². The third kappa shape index (κ3) is 6.79. The zero-order valence-corrected chi connectivity index (χ0v) is 17.9. The predicted molar refractivity (Wildman–Crippen MR) is 111 cm³/mol. The number of hydrogen-bond acceptors (Lipinski definition) is 8. The Morgan fingerprint density at radius 1 is 0.935 bits per heavy atom. The Kier molecular flexibility index (Phi) is 8.11. The molecule has 0 fully saturated rings. The van der Waals surface area contributed by atoms with Crippen molar-refractivity contribution in [3.8, 4) is 11.5 Å². The van der Waals surface area contributed by atoms with Gasteiger partial charge in [0, 0.05) is 18.2 Å². The minimum Gasteiger partial charge on any atom is -0.493 e. The molecule has 0 saturated heterocycles. The Bertz CT molecular complexity index is 1070. The van der Waals surface area contributed by atoms with E-state index >= 15 is 0 Å². The van der Waals surface area contributed by atoms with Gasteiger partial charge in [-0.3, -0.25) is 14.4 Å². The van der Waals surface area contributed by atoms with Crippen molar-refractivity contribution < 1.29 is 37.0 Å². The largest absolute Gasteiger partial charge is 0.493 e. The molecular formula is C20H22N2O8S. The Morgan fingerprint density at radius 2 is 1.58 bits per heavy atom. The number of methoxy groups -OCH3 is 2. The molecule has 0 aliphatic rings. The van der Waals surface area contributed by atoms with E-state index in [0.717, 1.165) is 0 Å². The summed E-state index contributed by atoms with van der Waals surface area (Å²) < 4.78 is 41.7. The molecule has 166 valence electrons. The van der Waals surface area contributed by atoms with E-state index in [-0.39, 0.29) is 16.4 Å². The first-order valence-corrected chi connectivity index (χ1v) is 10.4. The molecule has 0 radical (unpaired) electrons. The number of sulfonamides is 1. The predicted octanol–water partition coefficient (Wildman–Crippen LogP) is 1.37. The minimum absolute atomic E-state index is 0.101. The lowest BCUT2D eigenvalue weighted by atomic mass is 10.1. The van der Waals surface area contributed by atoms with Crippen molar-refractivity contribution in [1.82, 2.24) is 4.72 Å². The van der Waals surface area contributed by atoms with Crippen LogP contribution in [0.25, 0.3) is 0 Å². The molecule has 0 atom stereocenters. The summed E-state index contributed by atoms with van der Waals surface area (Å²) in [6, 6.07) is 9.86. The summed E-state index contributed by atoms with van der Waals surface area (Å²) in [5.41, 5.74) is 0.671. The van der Waals surface area contributed by atoms with Gasteiger partial charge in [0.15, 0.2) is 23.9 Å². The Hall–Kier alpha value is -3.44. The molecule has 1 amide bonds. The van der Waals surface area contributed by atoms with Crippen molar-refractivity contribution in [2.24, 2.45) is 0 Å². The van der Waals surface area contributed by atoms with E-state index in [1.807, 2.05) is 0 Å². The fraction of sp³-hybridized carbons (Fsp3) is 0.250. The number of benzene rings is 2. The number of carbonyl (C=O) groups is 3. The average Bonchev–Trinajstić information content (AvgIpc) is 2.75. The van der Waals surface area contributed by atoms with Gasteiger partial charge in [0.05, 0.1) is 19.1 Å². The van der Waals surface area contributed by atoms with Crippen LogP contribution in [0.5, 0.6) is 11.5 Å². The highest BCUT2D eigenvalue weighted by atomic mass is 32.2. The standard InChI is InChI=1S/C20H22N2O8S/c1-13(23)22-15-5-7-16(8-6-15)31(26,27)21-11-20(25)30-12-17(24)14-4-9-18(28-2)19(10-14)29-3/h4-10,21H,11-12H2,1-3H3,(H,22,23). The molecule has 2 aromatic rings. The van der Waals surface area contributed by atoms with E-state index in [9.17, 15) is 22.8 Å². The van der Waals surface area contributed by atoms with E-state index in [1.165, 1.54) is 57.5 Å². The van der Waals surface area contributed by atoms with Crippen molar-refractivity contribution in [3.63, 3.8) is 0 Å². The van der Waals surface area contributed by atoms with Crippen molar-refractivity contribution in [3.05, 3.63) is 48.0 Å². The van der Waals surface area contributed by atoms with Crippen LogP contribution in [0, 0.1) is 0 Å². The van der Waals surface area contributed by atoms with Crippen LogP contribution in [0.1, 0.15) is 17.3 Å². The molecule has 0 unspecified atom stereocenters. The molecule has 0 aliphatic heterocycles. The summed E-state index contributed by atoms with van der Waals surface area (Å²) in [6.07, 6.45) is 0. The van der Waals surface area contributed by atoms with Crippen LogP contribution in [-0.4, -0.2) is 53.4 Å². The maximum absolute atomic E-state index is 12.3. The van der Waals surface area contributed by atoms with E-state index in [4.69, 9.17) is 14.2 Å². The van der Waals surface area contributed by atoms with Gasteiger partial charge in [0.2, 0.25) is 15.9 Å². The average molecular weight is 450 g/mol. The number of amides is 1. The van der Waals surface area contributed by atoms with Gasteiger partial charge in [-0.2, -0.15) is 4.72 Å². The molecule has 0 saturated carbocycles. The molecule has 10 nitrogen and oxygen atoms in total. The molecule has 0 aromatic heterocycles. The van der Waals surface area contributed by atoms with Gasteiger partial charge in [-0.1, -0.05) is 0 Å². The smallest absolute Gasteiger partial charge is 0.321 e. The van der Waals surface area contributed by atoms with Gasteiger partial charge < -0.3 is 19.5 Å². The van der Waals surface area contributed by atoms with E-state index in [0.29, 0.717) is 17.2 Å². The summed E-state index contributed by atoms with van der Waals surface area (Å²) >= 11 is 0. The molecule has 2 rings (SSSR count). The number of anilines is 1. The lowest BCUT2D eigenvalue weighted by Gasteiger charge is -2.10. The van der Waals surface area contributed by atoms with Crippen LogP contribution < -0.4 is 19.5 Å². The first-order chi connectivity index (χ1) is 14.7. The van der Waals surface area contributed by atoms with Gasteiger partial charge in [-0.25, -0.2) is 8.42 Å². The Balaban J connectivity index is 1.89. The maximum atomic E-state index is 12.3. The van der Waals surface area contributed by atoms with Gasteiger partial charge in [-0.15, -0.1) is 0 Å². The first kappa shape index (κ1) is 23.8. The van der Waals surface area contributed by atoms with Gasteiger partial charge >= 0.3 is 5.97 Å². The second-order valence-corrected chi connectivity index (χ2v) is 7.95. The molecule has 2 N–H and O–H groups in total. The number of nitrogens with one attached hydrogen (secondary N) is 2.